The van der Waals surface area contributed by atoms with E-state index in [1.165, 1.54) is 5.56 Å². The Labute approximate surface area is 125 Å². The maximum absolute atomic E-state index is 9.88. The lowest BCUT2D eigenvalue weighted by atomic mass is 10.2. The van der Waals surface area contributed by atoms with Crippen LogP contribution in [0.1, 0.15) is 17.5 Å². The van der Waals surface area contributed by atoms with Crippen molar-refractivity contribution in [3.8, 4) is 11.8 Å². The number of hydrogen-bond acceptors (Lipinski definition) is 2. The fraction of sp³-hybridized carbons (Fsp3) is 0.222. The van der Waals surface area contributed by atoms with Gasteiger partial charge in [0.05, 0.1) is 6.10 Å². The van der Waals surface area contributed by atoms with Crippen molar-refractivity contribution < 1.29 is 5.11 Å². The minimum Gasteiger partial charge on any atom is -0.391 e. The maximum atomic E-state index is 9.88. The first-order chi connectivity index (χ1) is 9.84. The zero-order chi connectivity index (χ0) is 14.0. The fourth-order valence-electron chi connectivity index (χ4n) is 1.74. The van der Waals surface area contributed by atoms with Gasteiger partial charge < -0.3 is 5.11 Å². The van der Waals surface area contributed by atoms with Crippen molar-refractivity contribution in [2.75, 3.05) is 5.75 Å². The van der Waals surface area contributed by atoms with Crippen LogP contribution in [0.3, 0.4) is 0 Å². The summed E-state index contributed by atoms with van der Waals surface area (Å²) < 4.78 is 0. The van der Waals surface area contributed by atoms with Gasteiger partial charge in [0, 0.05) is 23.5 Å². The SMILES string of the molecule is OC(CC#Cc1ccccc1)CSCc1ccccc1. The first kappa shape index (κ1) is 14.7. The molecule has 0 fully saturated rings. The second-order valence-corrected chi connectivity index (χ2v) is 5.56. The molecule has 0 aliphatic rings. The molecule has 1 N–H and O–H groups in total. The highest BCUT2D eigenvalue weighted by atomic mass is 32.2. The van der Waals surface area contributed by atoms with Crippen LogP contribution in [-0.2, 0) is 5.75 Å². The Balaban J connectivity index is 1.68. The number of benzene rings is 2. The highest BCUT2D eigenvalue weighted by Gasteiger charge is 2.02. The van der Waals surface area contributed by atoms with Gasteiger partial charge in [0.1, 0.15) is 0 Å². The fourth-order valence-corrected chi connectivity index (χ4v) is 2.67. The average Bonchev–Trinajstić information content (AvgIpc) is 2.49. The van der Waals surface area contributed by atoms with Gasteiger partial charge in [0.25, 0.3) is 0 Å². The first-order valence-electron chi connectivity index (χ1n) is 6.68. The third kappa shape index (κ3) is 5.52. The van der Waals surface area contributed by atoms with Crippen molar-refractivity contribution in [2.45, 2.75) is 18.3 Å². The lowest BCUT2D eigenvalue weighted by Gasteiger charge is -2.06. The summed E-state index contributed by atoms with van der Waals surface area (Å²) in [5, 5.41) is 9.88. The zero-order valence-electron chi connectivity index (χ0n) is 11.3. The summed E-state index contributed by atoms with van der Waals surface area (Å²) in [4.78, 5) is 0. The van der Waals surface area contributed by atoms with Gasteiger partial charge in [-0.2, -0.15) is 11.8 Å². The van der Waals surface area contributed by atoms with Crippen molar-refractivity contribution >= 4 is 11.8 Å². The van der Waals surface area contributed by atoms with E-state index in [2.05, 4.69) is 24.0 Å². The number of hydrogen-bond donors (Lipinski definition) is 1. The van der Waals surface area contributed by atoms with E-state index < -0.39 is 0 Å². The van der Waals surface area contributed by atoms with E-state index in [0.29, 0.717) is 6.42 Å². The molecular weight excluding hydrogens is 264 g/mol. The van der Waals surface area contributed by atoms with Crippen LogP contribution in [0.2, 0.25) is 0 Å². The molecule has 2 aromatic carbocycles. The van der Waals surface area contributed by atoms with Crippen LogP contribution < -0.4 is 0 Å². The predicted octanol–water partition coefficient (Wildman–Crippen LogP) is 3.72. The monoisotopic (exact) mass is 282 g/mol. The minimum atomic E-state index is -0.361. The van der Waals surface area contributed by atoms with E-state index in [4.69, 9.17) is 0 Å². The summed E-state index contributed by atoms with van der Waals surface area (Å²) in [5.41, 5.74) is 2.29. The lowest BCUT2D eigenvalue weighted by Crippen LogP contribution is -2.08. The molecule has 0 aromatic heterocycles. The molecule has 0 saturated heterocycles. The Morgan fingerprint density at radius 1 is 0.950 bits per heavy atom. The van der Waals surface area contributed by atoms with Gasteiger partial charge in [0.2, 0.25) is 0 Å². The molecule has 0 radical (unpaired) electrons. The van der Waals surface area contributed by atoms with E-state index >= 15 is 0 Å². The summed E-state index contributed by atoms with van der Waals surface area (Å²) in [5.74, 6) is 7.76. The minimum absolute atomic E-state index is 0.361. The Morgan fingerprint density at radius 2 is 1.60 bits per heavy atom. The molecule has 1 unspecified atom stereocenters. The van der Waals surface area contributed by atoms with Crippen LogP contribution in [0.15, 0.2) is 60.7 Å². The van der Waals surface area contributed by atoms with Crippen LogP contribution >= 0.6 is 11.8 Å². The van der Waals surface area contributed by atoms with Crippen LogP contribution in [0, 0.1) is 11.8 Å². The summed E-state index contributed by atoms with van der Waals surface area (Å²) in [6, 6.07) is 20.2. The van der Waals surface area contributed by atoms with Gasteiger partial charge >= 0.3 is 0 Å². The Hall–Kier alpha value is -1.69. The molecule has 0 bridgehead atoms. The summed E-state index contributed by atoms with van der Waals surface area (Å²) in [6.07, 6.45) is 0.163. The molecular formula is C18H18OS. The molecule has 2 aromatic rings. The van der Waals surface area contributed by atoms with E-state index in [9.17, 15) is 5.11 Å². The summed E-state index contributed by atoms with van der Waals surface area (Å²) in [7, 11) is 0. The molecule has 102 valence electrons. The van der Waals surface area contributed by atoms with Gasteiger partial charge in [-0.1, -0.05) is 60.4 Å². The van der Waals surface area contributed by atoms with Crippen molar-refractivity contribution in [1.82, 2.24) is 0 Å². The van der Waals surface area contributed by atoms with Gasteiger partial charge in [-0.3, -0.25) is 0 Å². The standard InChI is InChI=1S/C18H18OS/c19-18(13-7-12-16-8-3-1-4-9-16)15-20-14-17-10-5-2-6-11-17/h1-6,8-11,18-19H,13-15H2. The average molecular weight is 282 g/mol. The molecule has 0 spiro atoms. The van der Waals surface area contributed by atoms with E-state index in [0.717, 1.165) is 17.1 Å². The Bertz CT molecular complexity index is 554. The number of aliphatic hydroxyl groups excluding tert-OH is 1. The van der Waals surface area contributed by atoms with Crippen LogP contribution in [0.4, 0.5) is 0 Å². The second kappa shape index (κ2) is 8.47. The molecule has 0 heterocycles. The Kier molecular flexibility index (Phi) is 6.23. The van der Waals surface area contributed by atoms with Gasteiger partial charge in [-0.25, -0.2) is 0 Å². The highest BCUT2D eigenvalue weighted by molar-refractivity contribution is 7.98. The second-order valence-electron chi connectivity index (χ2n) is 4.53. The van der Waals surface area contributed by atoms with E-state index in [1.807, 2.05) is 48.5 Å². The van der Waals surface area contributed by atoms with Gasteiger partial charge in [0.15, 0.2) is 0 Å². The van der Waals surface area contributed by atoms with Crippen molar-refractivity contribution in [3.05, 3.63) is 71.8 Å². The van der Waals surface area contributed by atoms with Gasteiger partial charge in [-0.05, 0) is 17.7 Å². The summed E-state index contributed by atoms with van der Waals surface area (Å²) in [6.45, 7) is 0. The molecule has 0 amide bonds. The van der Waals surface area contributed by atoms with Gasteiger partial charge in [-0.15, -0.1) is 0 Å². The van der Waals surface area contributed by atoms with E-state index in [1.54, 1.807) is 11.8 Å². The molecule has 1 nitrogen and oxygen atoms in total. The smallest absolute Gasteiger partial charge is 0.0739 e. The third-order valence-corrected chi connectivity index (χ3v) is 3.92. The molecule has 0 aliphatic carbocycles. The third-order valence-electron chi connectivity index (χ3n) is 2.77. The quantitative estimate of drug-likeness (QED) is 0.843. The summed E-state index contributed by atoms with van der Waals surface area (Å²) >= 11 is 1.74. The predicted molar refractivity (Wildman–Crippen MR) is 86.5 cm³/mol. The number of rotatable bonds is 5. The first-order valence-corrected chi connectivity index (χ1v) is 7.84. The topological polar surface area (TPSA) is 20.2 Å². The molecule has 1 atom stereocenters. The molecule has 0 aliphatic heterocycles. The van der Waals surface area contributed by atoms with Crippen molar-refractivity contribution in [2.24, 2.45) is 0 Å². The van der Waals surface area contributed by atoms with Crippen LogP contribution in [0.5, 0.6) is 0 Å². The largest absolute Gasteiger partial charge is 0.391 e. The lowest BCUT2D eigenvalue weighted by molar-refractivity contribution is 0.205. The van der Waals surface area contributed by atoms with Crippen molar-refractivity contribution in [1.29, 1.82) is 0 Å². The molecule has 0 saturated carbocycles. The normalized spacial score (nSPS) is 11.4. The van der Waals surface area contributed by atoms with Crippen LogP contribution in [-0.4, -0.2) is 17.0 Å². The number of aliphatic hydroxyl groups is 1. The van der Waals surface area contributed by atoms with E-state index in [-0.39, 0.29) is 6.10 Å². The zero-order valence-corrected chi connectivity index (χ0v) is 12.1. The highest BCUT2D eigenvalue weighted by Crippen LogP contribution is 2.13. The van der Waals surface area contributed by atoms with Crippen LogP contribution in [0.25, 0.3) is 0 Å². The molecule has 2 heteroatoms. The Morgan fingerprint density at radius 3 is 2.30 bits per heavy atom. The maximum Gasteiger partial charge on any atom is 0.0739 e. The number of thioether (sulfide) groups is 1. The molecule has 2 rings (SSSR count). The molecule has 20 heavy (non-hydrogen) atoms. The van der Waals surface area contributed by atoms with Crippen molar-refractivity contribution in [3.63, 3.8) is 0 Å².